The zero-order valence-corrected chi connectivity index (χ0v) is 20.2. The third-order valence-corrected chi connectivity index (χ3v) is 6.23. The van der Waals surface area contributed by atoms with Gasteiger partial charge < -0.3 is 14.5 Å². The maximum absolute atomic E-state index is 13.7. The molecule has 182 valence electrons. The van der Waals surface area contributed by atoms with E-state index in [0.29, 0.717) is 43.3 Å². The van der Waals surface area contributed by atoms with E-state index >= 15 is 0 Å². The minimum atomic E-state index is -0.356. The number of hydrogen-bond donors (Lipinski definition) is 0. The lowest BCUT2D eigenvalue weighted by Crippen LogP contribution is -2.48. The molecule has 0 spiro atoms. The minimum Gasteiger partial charge on any atom is -0.449 e. The SMILES string of the molecule is CC(=O)N1CCN(c2cnn(-c3ccc(C)cc3)c(=O)c2Oc2ccc(-c3cncnc3)cc2)CC1. The van der Waals surface area contributed by atoms with Gasteiger partial charge in [0.25, 0.3) is 0 Å². The molecule has 5 rings (SSSR count). The number of benzene rings is 2. The zero-order valence-electron chi connectivity index (χ0n) is 20.2. The van der Waals surface area contributed by atoms with Crippen LogP contribution in [-0.2, 0) is 4.79 Å². The van der Waals surface area contributed by atoms with E-state index in [-0.39, 0.29) is 17.2 Å². The number of carbonyl (C=O) groups is 1. The number of ether oxygens (including phenoxy) is 1. The first-order chi connectivity index (χ1) is 17.5. The Morgan fingerprint density at radius 2 is 1.53 bits per heavy atom. The summed E-state index contributed by atoms with van der Waals surface area (Å²) in [5.74, 6) is 0.763. The van der Waals surface area contributed by atoms with Crippen molar-refractivity contribution in [2.45, 2.75) is 13.8 Å². The van der Waals surface area contributed by atoms with E-state index in [2.05, 4.69) is 15.1 Å². The molecule has 0 atom stereocenters. The van der Waals surface area contributed by atoms with Crippen LogP contribution in [0.2, 0.25) is 0 Å². The maximum atomic E-state index is 13.7. The van der Waals surface area contributed by atoms with Crippen molar-refractivity contribution in [3.8, 4) is 28.3 Å². The Bertz CT molecular complexity index is 1410. The van der Waals surface area contributed by atoms with Gasteiger partial charge in [-0.15, -0.1) is 0 Å². The number of carbonyl (C=O) groups excluding carboxylic acids is 1. The van der Waals surface area contributed by atoms with E-state index < -0.39 is 0 Å². The van der Waals surface area contributed by atoms with Gasteiger partial charge in [0.1, 0.15) is 17.8 Å². The van der Waals surface area contributed by atoms with Crippen molar-refractivity contribution in [3.05, 3.63) is 89.4 Å². The van der Waals surface area contributed by atoms with Crippen LogP contribution >= 0.6 is 0 Å². The van der Waals surface area contributed by atoms with Gasteiger partial charge in [0.15, 0.2) is 0 Å². The smallest absolute Gasteiger partial charge is 0.316 e. The highest BCUT2D eigenvalue weighted by molar-refractivity contribution is 5.73. The standard InChI is InChI=1S/C27H26N6O3/c1-19-3-7-23(8-4-19)33-27(35)26(25(17-30-33)32-13-11-31(12-14-32)20(2)34)36-24-9-5-21(6-10-24)22-15-28-18-29-16-22/h3-10,15-18H,11-14H2,1-2H3. The molecule has 36 heavy (non-hydrogen) atoms. The number of amides is 1. The fourth-order valence-corrected chi connectivity index (χ4v) is 4.16. The van der Waals surface area contributed by atoms with Gasteiger partial charge in [0.05, 0.1) is 11.9 Å². The van der Waals surface area contributed by atoms with Crippen LogP contribution in [-0.4, -0.2) is 56.7 Å². The van der Waals surface area contributed by atoms with Gasteiger partial charge in [-0.1, -0.05) is 29.8 Å². The van der Waals surface area contributed by atoms with Gasteiger partial charge in [-0.05, 0) is 36.8 Å². The molecule has 1 amide bonds. The van der Waals surface area contributed by atoms with Crippen molar-refractivity contribution in [3.63, 3.8) is 0 Å². The van der Waals surface area contributed by atoms with Crippen LogP contribution in [0.15, 0.2) is 78.2 Å². The Morgan fingerprint density at radius 3 is 2.17 bits per heavy atom. The molecule has 1 saturated heterocycles. The Morgan fingerprint density at radius 1 is 0.861 bits per heavy atom. The third kappa shape index (κ3) is 4.81. The van der Waals surface area contributed by atoms with E-state index in [0.717, 1.165) is 16.7 Å². The van der Waals surface area contributed by atoms with Crippen molar-refractivity contribution in [2.75, 3.05) is 31.1 Å². The lowest BCUT2D eigenvalue weighted by molar-refractivity contribution is -0.129. The Kier molecular flexibility index (Phi) is 6.44. The molecule has 0 aliphatic carbocycles. The molecule has 1 aliphatic rings. The number of piperazine rings is 1. The Labute approximate surface area is 208 Å². The van der Waals surface area contributed by atoms with Crippen molar-refractivity contribution < 1.29 is 9.53 Å². The first-order valence-electron chi connectivity index (χ1n) is 11.7. The highest BCUT2D eigenvalue weighted by atomic mass is 16.5. The molecule has 9 nitrogen and oxygen atoms in total. The first kappa shape index (κ1) is 23.2. The largest absolute Gasteiger partial charge is 0.449 e. The zero-order chi connectivity index (χ0) is 25.1. The summed E-state index contributed by atoms with van der Waals surface area (Å²) in [6.07, 6.45) is 6.63. The second-order valence-electron chi connectivity index (χ2n) is 8.66. The molecule has 3 heterocycles. The normalized spacial score (nSPS) is 13.5. The predicted molar refractivity (Wildman–Crippen MR) is 137 cm³/mol. The average molecular weight is 483 g/mol. The fourth-order valence-electron chi connectivity index (χ4n) is 4.16. The quantitative estimate of drug-likeness (QED) is 0.430. The topological polar surface area (TPSA) is 93.5 Å². The molecular weight excluding hydrogens is 456 g/mol. The molecule has 1 fully saturated rings. The van der Waals surface area contributed by atoms with Crippen molar-refractivity contribution in [1.82, 2.24) is 24.6 Å². The number of aryl methyl sites for hydroxylation is 1. The molecule has 0 N–H and O–H groups in total. The number of anilines is 1. The van der Waals surface area contributed by atoms with Gasteiger partial charge in [0.2, 0.25) is 11.7 Å². The highest BCUT2D eigenvalue weighted by Gasteiger charge is 2.24. The molecule has 2 aromatic carbocycles. The van der Waals surface area contributed by atoms with Crippen LogP contribution in [0.1, 0.15) is 12.5 Å². The average Bonchev–Trinajstić information content (AvgIpc) is 2.91. The maximum Gasteiger partial charge on any atom is 0.316 e. The van der Waals surface area contributed by atoms with E-state index in [9.17, 15) is 9.59 Å². The lowest BCUT2D eigenvalue weighted by atomic mass is 10.1. The molecule has 0 bridgehead atoms. The summed E-state index contributed by atoms with van der Waals surface area (Å²) in [5, 5.41) is 4.45. The number of nitrogens with zero attached hydrogens (tertiary/aromatic N) is 6. The van der Waals surface area contributed by atoms with Crippen LogP contribution in [0.4, 0.5) is 5.69 Å². The summed E-state index contributed by atoms with van der Waals surface area (Å²) in [6.45, 7) is 5.87. The summed E-state index contributed by atoms with van der Waals surface area (Å²) in [5.41, 5.74) is 3.82. The summed E-state index contributed by atoms with van der Waals surface area (Å²) in [7, 11) is 0. The molecule has 0 saturated carbocycles. The molecule has 0 unspecified atom stereocenters. The minimum absolute atomic E-state index is 0.0444. The van der Waals surface area contributed by atoms with Crippen LogP contribution in [0.3, 0.4) is 0 Å². The van der Waals surface area contributed by atoms with E-state index in [1.54, 1.807) is 30.4 Å². The first-order valence-corrected chi connectivity index (χ1v) is 11.7. The van der Waals surface area contributed by atoms with Gasteiger partial charge >= 0.3 is 5.56 Å². The fraction of sp³-hybridized carbons (Fsp3) is 0.222. The second-order valence-corrected chi connectivity index (χ2v) is 8.66. The Hall–Kier alpha value is -4.53. The molecular formula is C27H26N6O3. The number of aromatic nitrogens is 4. The molecule has 0 radical (unpaired) electrons. The second kappa shape index (κ2) is 9.99. The molecule has 1 aliphatic heterocycles. The van der Waals surface area contributed by atoms with Crippen LogP contribution in [0, 0.1) is 6.92 Å². The third-order valence-electron chi connectivity index (χ3n) is 6.23. The van der Waals surface area contributed by atoms with Gasteiger partial charge in [-0.3, -0.25) is 9.59 Å². The van der Waals surface area contributed by atoms with Crippen LogP contribution < -0.4 is 15.2 Å². The van der Waals surface area contributed by atoms with Gasteiger partial charge in [-0.25, -0.2) is 9.97 Å². The summed E-state index contributed by atoms with van der Waals surface area (Å²) < 4.78 is 7.56. The molecule has 9 heteroatoms. The molecule has 4 aromatic rings. The van der Waals surface area contributed by atoms with Gasteiger partial charge in [-0.2, -0.15) is 9.78 Å². The Balaban J connectivity index is 1.50. The summed E-state index contributed by atoms with van der Waals surface area (Å²) in [4.78, 5) is 37.4. The number of hydrogen-bond acceptors (Lipinski definition) is 7. The van der Waals surface area contributed by atoms with Crippen molar-refractivity contribution >= 4 is 11.6 Å². The van der Waals surface area contributed by atoms with Crippen LogP contribution in [0.25, 0.3) is 16.8 Å². The monoisotopic (exact) mass is 482 g/mol. The lowest BCUT2D eigenvalue weighted by Gasteiger charge is -2.35. The van der Waals surface area contributed by atoms with Gasteiger partial charge in [0, 0.05) is 51.1 Å². The van der Waals surface area contributed by atoms with E-state index in [1.165, 1.54) is 11.0 Å². The van der Waals surface area contributed by atoms with Crippen LogP contribution in [0.5, 0.6) is 11.5 Å². The van der Waals surface area contributed by atoms with E-state index in [1.807, 2.05) is 60.4 Å². The van der Waals surface area contributed by atoms with Crippen molar-refractivity contribution in [1.29, 1.82) is 0 Å². The highest BCUT2D eigenvalue weighted by Crippen LogP contribution is 2.31. The summed E-state index contributed by atoms with van der Waals surface area (Å²) >= 11 is 0. The molecule has 2 aromatic heterocycles. The number of rotatable bonds is 5. The predicted octanol–water partition coefficient (Wildman–Crippen LogP) is 3.46. The van der Waals surface area contributed by atoms with Crippen molar-refractivity contribution in [2.24, 2.45) is 0 Å². The summed E-state index contributed by atoms with van der Waals surface area (Å²) in [6, 6.07) is 15.0. The van der Waals surface area contributed by atoms with E-state index in [4.69, 9.17) is 4.74 Å².